The van der Waals surface area contributed by atoms with E-state index in [9.17, 15) is 4.39 Å². The van der Waals surface area contributed by atoms with Crippen molar-refractivity contribution >= 4 is 54.8 Å². The van der Waals surface area contributed by atoms with Crippen LogP contribution in [0.25, 0.3) is 10.2 Å². The fourth-order valence-electron chi connectivity index (χ4n) is 5.27. The van der Waals surface area contributed by atoms with Crippen molar-refractivity contribution in [3.63, 3.8) is 0 Å². The smallest absolute Gasteiger partial charge is 0.191 e. The monoisotopic (exact) mass is 641 g/mol. The zero-order valence-corrected chi connectivity index (χ0v) is 27.4. The Morgan fingerprint density at radius 1 is 1.11 bits per heavy atom. The summed E-state index contributed by atoms with van der Waals surface area (Å²) in [6, 6.07) is 13.0. The first kappa shape index (κ1) is 30.9. The van der Waals surface area contributed by atoms with Crippen molar-refractivity contribution in [3.05, 3.63) is 76.0 Å². The molecular weight excluding hydrogens is 606 g/mol. The Morgan fingerprint density at radius 2 is 1.98 bits per heavy atom. The fourth-order valence-corrected chi connectivity index (χ4v) is 7.12. The average Bonchev–Trinajstić information content (AvgIpc) is 3.70. The predicted octanol–water partition coefficient (Wildman–Crippen LogP) is 7.52. The van der Waals surface area contributed by atoms with E-state index < -0.39 is 0 Å². The first-order valence-electron chi connectivity index (χ1n) is 15.4. The molecule has 0 unspecified atom stereocenters. The summed E-state index contributed by atoms with van der Waals surface area (Å²) >= 11 is 3.27. The Kier molecular flexibility index (Phi) is 9.84. The van der Waals surface area contributed by atoms with E-state index >= 15 is 0 Å². The number of thiazole rings is 2. The topological polar surface area (TPSA) is 79.3 Å². The van der Waals surface area contributed by atoms with E-state index in [1.807, 2.05) is 30.5 Å². The van der Waals surface area contributed by atoms with Gasteiger partial charge in [0, 0.05) is 34.3 Å². The largest absolute Gasteiger partial charge is 0.491 e. The summed E-state index contributed by atoms with van der Waals surface area (Å²) in [6.45, 7) is 10.1. The van der Waals surface area contributed by atoms with E-state index in [0.29, 0.717) is 18.7 Å². The fraction of sp³-hybridized carbons (Fsp3) is 0.353. The van der Waals surface area contributed by atoms with Gasteiger partial charge < -0.3 is 15.0 Å². The lowest BCUT2D eigenvalue weighted by Crippen LogP contribution is -2.27. The summed E-state index contributed by atoms with van der Waals surface area (Å²) in [5.74, 6) is 7.64. The molecule has 0 atom stereocenters. The van der Waals surface area contributed by atoms with Gasteiger partial charge in [-0.15, -0.1) is 21.5 Å². The standard InChI is InChI=1S/C34H36FN7OS2/c1-4-41(5-2)18-8-11-24-16-17-29(27(35)21-24)43-20-10-12-25-22-36-34(44-25)42-19-9-13-26-23(3)31(39-40-32(26)42)38-33-37-28-14-6-7-15-30(28)45-33/h6-7,14-17,21-22H,4-5,9-10,12-13,18-20H2,1-3H3,(H,37,38,39). The zero-order chi connectivity index (χ0) is 31.2. The van der Waals surface area contributed by atoms with Gasteiger partial charge in [0.15, 0.2) is 33.5 Å². The molecule has 0 bridgehead atoms. The van der Waals surface area contributed by atoms with Gasteiger partial charge in [-0.2, -0.15) is 0 Å². The minimum atomic E-state index is -0.386. The first-order chi connectivity index (χ1) is 22.0. The number of nitrogens with one attached hydrogen (secondary N) is 1. The summed E-state index contributed by atoms with van der Waals surface area (Å²) in [6.07, 6.45) is 5.42. The SMILES string of the molecule is CCN(CC)CC#Cc1ccc(OCCCc2cnc(N3CCCc4c3nnc(Nc3nc5ccccc5s3)c4C)s2)c(F)c1. The van der Waals surface area contributed by atoms with Crippen LogP contribution in [0.2, 0.25) is 0 Å². The molecule has 45 heavy (non-hydrogen) atoms. The maximum atomic E-state index is 14.6. The number of anilines is 4. The number of nitrogens with zero attached hydrogens (tertiary/aromatic N) is 6. The molecule has 3 aromatic heterocycles. The van der Waals surface area contributed by atoms with Crippen molar-refractivity contribution < 1.29 is 9.13 Å². The van der Waals surface area contributed by atoms with E-state index in [-0.39, 0.29) is 11.6 Å². The first-order valence-corrected chi connectivity index (χ1v) is 17.0. The number of benzene rings is 2. The minimum Gasteiger partial charge on any atom is -0.491 e. The molecule has 11 heteroatoms. The van der Waals surface area contributed by atoms with Gasteiger partial charge in [-0.05, 0) is 76.0 Å². The van der Waals surface area contributed by atoms with E-state index in [2.05, 4.69) is 69.0 Å². The summed E-state index contributed by atoms with van der Waals surface area (Å²) in [5.41, 5.74) is 3.90. The van der Waals surface area contributed by atoms with Crippen molar-refractivity contribution in [2.24, 2.45) is 0 Å². The lowest BCUT2D eigenvalue weighted by molar-refractivity contribution is 0.296. The molecule has 0 saturated carbocycles. The number of fused-ring (bicyclic) bond motifs is 2. The van der Waals surface area contributed by atoms with E-state index in [1.165, 1.54) is 11.6 Å². The number of hydrogen-bond donors (Lipinski definition) is 1. The molecular formula is C34H36FN7OS2. The van der Waals surface area contributed by atoms with Crippen LogP contribution < -0.4 is 15.0 Å². The highest BCUT2D eigenvalue weighted by molar-refractivity contribution is 7.22. The second kappa shape index (κ2) is 14.3. The van der Waals surface area contributed by atoms with Crippen LogP contribution in [-0.4, -0.2) is 57.9 Å². The highest BCUT2D eigenvalue weighted by Crippen LogP contribution is 2.38. The number of aromatic nitrogens is 4. The number of halogens is 1. The summed E-state index contributed by atoms with van der Waals surface area (Å²) in [7, 11) is 0. The molecule has 4 heterocycles. The van der Waals surface area contributed by atoms with Gasteiger partial charge in [0.05, 0.1) is 23.4 Å². The molecule has 0 radical (unpaired) electrons. The highest BCUT2D eigenvalue weighted by atomic mass is 32.1. The molecule has 0 fully saturated rings. The minimum absolute atomic E-state index is 0.255. The van der Waals surface area contributed by atoms with Crippen LogP contribution in [0, 0.1) is 24.6 Å². The van der Waals surface area contributed by atoms with Crippen molar-refractivity contribution in [2.75, 3.05) is 43.0 Å². The third-order valence-corrected chi connectivity index (χ3v) is 9.90. The number of ether oxygens (including phenoxy) is 1. The maximum absolute atomic E-state index is 14.6. The van der Waals surface area contributed by atoms with Gasteiger partial charge in [-0.3, -0.25) is 4.90 Å². The third-order valence-electron chi connectivity index (χ3n) is 7.86. The molecule has 0 amide bonds. The van der Waals surface area contributed by atoms with Crippen LogP contribution >= 0.6 is 22.7 Å². The maximum Gasteiger partial charge on any atom is 0.191 e. The Bertz CT molecular complexity index is 1810. The Hall–Kier alpha value is -4.11. The number of para-hydroxylation sites is 1. The molecule has 0 saturated heterocycles. The van der Waals surface area contributed by atoms with Gasteiger partial charge >= 0.3 is 0 Å². The zero-order valence-electron chi connectivity index (χ0n) is 25.8. The van der Waals surface area contributed by atoms with Crippen LogP contribution in [0.15, 0.2) is 48.7 Å². The molecule has 8 nitrogen and oxygen atoms in total. The molecule has 0 aliphatic carbocycles. The lowest BCUT2D eigenvalue weighted by Gasteiger charge is -2.28. The van der Waals surface area contributed by atoms with Gasteiger partial charge in [0.2, 0.25) is 0 Å². The van der Waals surface area contributed by atoms with Crippen LogP contribution in [-0.2, 0) is 12.8 Å². The molecule has 232 valence electrons. The average molecular weight is 642 g/mol. The van der Waals surface area contributed by atoms with E-state index in [1.54, 1.807) is 28.7 Å². The molecule has 6 rings (SSSR count). The highest BCUT2D eigenvalue weighted by Gasteiger charge is 2.26. The van der Waals surface area contributed by atoms with Gasteiger partial charge in [-0.25, -0.2) is 14.4 Å². The molecule has 0 spiro atoms. The van der Waals surface area contributed by atoms with E-state index in [4.69, 9.17) is 9.72 Å². The number of aryl methyl sites for hydroxylation is 1. The second-order valence-electron chi connectivity index (χ2n) is 10.8. The van der Waals surface area contributed by atoms with Gasteiger partial charge in [0.25, 0.3) is 0 Å². The normalized spacial score (nSPS) is 12.7. The summed E-state index contributed by atoms with van der Waals surface area (Å²) < 4.78 is 21.5. The Labute approximate surface area is 271 Å². The van der Waals surface area contributed by atoms with Crippen LogP contribution in [0.5, 0.6) is 5.75 Å². The molecule has 5 aromatic rings. The molecule has 1 N–H and O–H groups in total. The number of rotatable bonds is 11. The quantitative estimate of drug-likeness (QED) is 0.117. The van der Waals surface area contributed by atoms with Crippen LogP contribution in [0.1, 0.15) is 48.3 Å². The molecule has 2 aromatic carbocycles. The van der Waals surface area contributed by atoms with Crippen molar-refractivity contribution in [1.82, 2.24) is 25.1 Å². The van der Waals surface area contributed by atoms with Crippen molar-refractivity contribution in [2.45, 2.75) is 46.5 Å². The summed E-state index contributed by atoms with van der Waals surface area (Å²) in [5, 5.41) is 14.3. The Morgan fingerprint density at radius 3 is 2.80 bits per heavy atom. The van der Waals surface area contributed by atoms with Crippen molar-refractivity contribution in [1.29, 1.82) is 0 Å². The van der Waals surface area contributed by atoms with Gasteiger partial charge in [-0.1, -0.05) is 49.2 Å². The van der Waals surface area contributed by atoms with Crippen LogP contribution in [0.3, 0.4) is 0 Å². The number of hydrogen-bond acceptors (Lipinski definition) is 10. The molecule has 1 aliphatic rings. The molecule has 1 aliphatic heterocycles. The van der Waals surface area contributed by atoms with E-state index in [0.717, 1.165) is 87.9 Å². The van der Waals surface area contributed by atoms with Crippen LogP contribution in [0.4, 0.5) is 26.3 Å². The summed E-state index contributed by atoms with van der Waals surface area (Å²) in [4.78, 5) is 15.0. The Balaban J connectivity index is 1.04. The second-order valence-corrected chi connectivity index (χ2v) is 12.9. The van der Waals surface area contributed by atoms with Gasteiger partial charge in [0.1, 0.15) is 0 Å². The lowest BCUT2D eigenvalue weighted by atomic mass is 10.0. The predicted molar refractivity (Wildman–Crippen MR) is 182 cm³/mol. The van der Waals surface area contributed by atoms with Crippen molar-refractivity contribution in [3.8, 4) is 17.6 Å². The third kappa shape index (κ3) is 7.25.